The number of hydrogen-bond donors (Lipinski definition) is 1. The van der Waals surface area contributed by atoms with Crippen molar-refractivity contribution >= 4 is 22.9 Å². The van der Waals surface area contributed by atoms with E-state index in [1.165, 1.54) is 10.8 Å². The Morgan fingerprint density at radius 2 is 1.68 bits per heavy atom. The third kappa shape index (κ3) is 5.21. The van der Waals surface area contributed by atoms with Gasteiger partial charge in [0.15, 0.2) is 0 Å². The highest BCUT2D eigenvalue weighted by molar-refractivity contribution is 5.84. The summed E-state index contributed by atoms with van der Waals surface area (Å²) in [6.07, 6.45) is 4.50. The van der Waals surface area contributed by atoms with Crippen LogP contribution in [-0.4, -0.2) is 12.6 Å². The van der Waals surface area contributed by atoms with Crippen LogP contribution >= 0.6 is 0 Å². The lowest BCUT2D eigenvalue weighted by Gasteiger charge is -2.05. The molecule has 3 aromatic rings. The molecule has 0 bridgehead atoms. The summed E-state index contributed by atoms with van der Waals surface area (Å²) in [5.41, 5.74) is 2.14. The molecule has 126 valence electrons. The Bertz CT molecular complexity index is 856. The van der Waals surface area contributed by atoms with Gasteiger partial charge in [-0.3, -0.25) is 0 Å². The van der Waals surface area contributed by atoms with Crippen LogP contribution in [0.5, 0.6) is 0 Å². The first kappa shape index (κ1) is 16.8. The standard InChI is InChI=1S/C22H21NO2/c24-22(25-17-19-9-2-1-3-10-19)23-15-7-6-8-18-13-14-20-11-4-5-12-21(20)16-18/h1-6,8-14,16H,7,15,17H2,(H,23,24). The summed E-state index contributed by atoms with van der Waals surface area (Å²) in [5, 5.41) is 5.22. The van der Waals surface area contributed by atoms with Gasteiger partial charge in [-0.2, -0.15) is 0 Å². The number of carbonyl (C=O) groups excluding carboxylic acids is 1. The van der Waals surface area contributed by atoms with E-state index in [1.54, 1.807) is 0 Å². The maximum Gasteiger partial charge on any atom is 0.407 e. The number of amides is 1. The molecule has 0 saturated carbocycles. The van der Waals surface area contributed by atoms with Gasteiger partial charge in [0, 0.05) is 6.54 Å². The SMILES string of the molecule is O=C(NCCC=Cc1ccc2ccccc2c1)OCc1ccccc1. The monoisotopic (exact) mass is 331 g/mol. The average Bonchev–Trinajstić information content (AvgIpc) is 2.67. The van der Waals surface area contributed by atoms with Crippen LogP contribution in [0.1, 0.15) is 17.5 Å². The molecule has 0 aromatic heterocycles. The molecule has 0 aliphatic heterocycles. The van der Waals surface area contributed by atoms with Crippen molar-refractivity contribution in [1.29, 1.82) is 0 Å². The predicted molar refractivity (Wildman–Crippen MR) is 102 cm³/mol. The highest BCUT2D eigenvalue weighted by Crippen LogP contribution is 2.16. The fraction of sp³-hybridized carbons (Fsp3) is 0.136. The lowest BCUT2D eigenvalue weighted by atomic mass is 10.1. The largest absolute Gasteiger partial charge is 0.445 e. The van der Waals surface area contributed by atoms with Gasteiger partial charge in [0.25, 0.3) is 0 Å². The van der Waals surface area contributed by atoms with Crippen molar-refractivity contribution in [3.8, 4) is 0 Å². The first-order valence-corrected chi connectivity index (χ1v) is 8.41. The van der Waals surface area contributed by atoms with E-state index in [1.807, 2.05) is 42.5 Å². The minimum absolute atomic E-state index is 0.291. The Kier molecular flexibility index (Phi) is 5.83. The maximum atomic E-state index is 11.6. The zero-order valence-corrected chi connectivity index (χ0v) is 14.0. The second kappa shape index (κ2) is 8.69. The number of nitrogens with one attached hydrogen (secondary N) is 1. The van der Waals surface area contributed by atoms with Crippen LogP contribution in [0.2, 0.25) is 0 Å². The predicted octanol–water partition coefficient (Wildman–Crippen LogP) is 5.17. The van der Waals surface area contributed by atoms with E-state index in [2.05, 4.69) is 47.8 Å². The number of alkyl carbamates (subject to hydrolysis) is 1. The molecule has 25 heavy (non-hydrogen) atoms. The minimum atomic E-state index is -0.386. The molecule has 3 aromatic carbocycles. The number of fused-ring (bicyclic) bond motifs is 1. The Hall–Kier alpha value is -3.07. The van der Waals surface area contributed by atoms with Crippen LogP contribution in [0.25, 0.3) is 16.8 Å². The molecular weight excluding hydrogens is 310 g/mol. The summed E-state index contributed by atoms with van der Waals surface area (Å²) in [4.78, 5) is 11.6. The van der Waals surface area contributed by atoms with Gasteiger partial charge in [-0.1, -0.05) is 78.9 Å². The first-order chi connectivity index (χ1) is 12.3. The topological polar surface area (TPSA) is 38.3 Å². The van der Waals surface area contributed by atoms with Gasteiger partial charge in [-0.15, -0.1) is 0 Å². The number of ether oxygens (including phenoxy) is 1. The summed E-state index contributed by atoms with van der Waals surface area (Å²) in [6, 6.07) is 24.3. The third-order valence-electron chi connectivity index (χ3n) is 3.88. The molecule has 0 fully saturated rings. The van der Waals surface area contributed by atoms with Crippen LogP contribution < -0.4 is 5.32 Å². The molecule has 0 heterocycles. The Balaban J connectivity index is 1.39. The smallest absolute Gasteiger partial charge is 0.407 e. The van der Waals surface area contributed by atoms with Gasteiger partial charge < -0.3 is 10.1 Å². The summed E-state index contributed by atoms with van der Waals surface area (Å²) < 4.78 is 5.17. The van der Waals surface area contributed by atoms with Crippen molar-refractivity contribution in [1.82, 2.24) is 5.32 Å². The molecular formula is C22H21NO2. The molecule has 1 amide bonds. The summed E-state index contributed by atoms with van der Waals surface area (Å²) in [5.74, 6) is 0. The zero-order chi connectivity index (χ0) is 17.3. The van der Waals surface area contributed by atoms with Crippen molar-refractivity contribution in [2.75, 3.05) is 6.54 Å². The Labute approximate surface area is 147 Å². The molecule has 3 heteroatoms. The zero-order valence-electron chi connectivity index (χ0n) is 14.0. The fourth-order valence-electron chi connectivity index (χ4n) is 2.56. The van der Waals surface area contributed by atoms with Gasteiger partial charge in [-0.25, -0.2) is 4.79 Å². The van der Waals surface area contributed by atoms with Gasteiger partial charge in [0.05, 0.1) is 0 Å². The molecule has 1 N–H and O–H groups in total. The molecule has 3 rings (SSSR count). The van der Waals surface area contributed by atoms with Gasteiger partial charge in [-0.05, 0) is 34.4 Å². The molecule has 0 aliphatic carbocycles. The van der Waals surface area contributed by atoms with Crippen LogP contribution in [0, 0.1) is 0 Å². The Morgan fingerprint density at radius 3 is 2.52 bits per heavy atom. The number of hydrogen-bond acceptors (Lipinski definition) is 2. The van der Waals surface area contributed by atoms with E-state index in [4.69, 9.17) is 4.74 Å². The second-order valence-corrected chi connectivity index (χ2v) is 5.79. The van der Waals surface area contributed by atoms with E-state index in [9.17, 15) is 4.79 Å². The number of benzene rings is 3. The molecule has 0 saturated heterocycles. The number of rotatable bonds is 6. The fourth-order valence-corrected chi connectivity index (χ4v) is 2.56. The highest BCUT2D eigenvalue weighted by Gasteiger charge is 2.00. The number of carbonyl (C=O) groups is 1. The van der Waals surface area contributed by atoms with Crippen molar-refractivity contribution in [2.24, 2.45) is 0 Å². The van der Waals surface area contributed by atoms with Crippen molar-refractivity contribution in [3.05, 3.63) is 90.0 Å². The summed E-state index contributed by atoms with van der Waals surface area (Å²) in [7, 11) is 0. The van der Waals surface area contributed by atoms with E-state index in [0.717, 1.165) is 17.5 Å². The van der Waals surface area contributed by atoms with Crippen LogP contribution in [0.15, 0.2) is 78.9 Å². The van der Waals surface area contributed by atoms with E-state index in [-0.39, 0.29) is 6.09 Å². The van der Waals surface area contributed by atoms with E-state index in [0.29, 0.717) is 13.2 Å². The maximum absolute atomic E-state index is 11.6. The van der Waals surface area contributed by atoms with E-state index < -0.39 is 0 Å². The van der Waals surface area contributed by atoms with Crippen LogP contribution in [0.4, 0.5) is 4.79 Å². The first-order valence-electron chi connectivity index (χ1n) is 8.41. The lowest BCUT2D eigenvalue weighted by molar-refractivity contribution is 0.140. The second-order valence-electron chi connectivity index (χ2n) is 5.79. The molecule has 3 nitrogen and oxygen atoms in total. The molecule has 0 atom stereocenters. The lowest BCUT2D eigenvalue weighted by Crippen LogP contribution is -2.24. The quantitative estimate of drug-likeness (QED) is 0.633. The molecule has 0 aliphatic rings. The summed E-state index contributed by atoms with van der Waals surface area (Å²) >= 11 is 0. The van der Waals surface area contributed by atoms with Crippen LogP contribution in [-0.2, 0) is 11.3 Å². The average molecular weight is 331 g/mol. The van der Waals surface area contributed by atoms with Crippen molar-refractivity contribution in [2.45, 2.75) is 13.0 Å². The van der Waals surface area contributed by atoms with Gasteiger partial charge in [0.1, 0.15) is 6.61 Å². The van der Waals surface area contributed by atoms with Crippen molar-refractivity contribution in [3.63, 3.8) is 0 Å². The highest BCUT2D eigenvalue weighted by atomic mass is 16.5. The van der Waals surface area contributed by atoms with Gasteiger partial charge in [0.2, 0.25) is 0 Å². The normalized spacial score (nSPS) is 10.9. The summed E-state index contributed by atoms with van der Waals surface area (Å²) in [6.45, 7) is 0.845. The molecule has 0 radical (unpaired) electrons. The molecule has 0 spiro atoms. The van der Waals surface area contributed by atoms with Gasteiger partial charge >= 0.3 is 6.09 Å². The molecule has 0 unspecified atom stereocenters. The Morgan fingerprint density at radius 1 is 0.920 bits per heavy atom. The third-order valence-corrected chi connectivity index (χ3v) is 3.88. The van der Waals surface area contributed by atoms with Crippen molar-refractivity contribution < 1.29 is 9.53 Å². The minimum Gasteiger partial charge on any atom is -0.445 e. The van der Waals surface area contributed by atoms with Crippen LogP contribution in [0.3, 0.4) is 0 Å². The van der Waals surface area contributed by atoms with E-state index >= 15 is 0 Å².